The van der Waals surface area contributed by atoms with E-state index in [0.29, 0.717) is 22.9 Å². The van der Waals surface area contributed by atoms with E-state index in [1.807, 2.05) is 16.8 Å². The highest BCUT2D eigenvalue weighted by Crippen LogP contribution is 2.14. The van der Waals surface area contributed by atoms with Gasteiger partial charge in [-0.1, -0.05) is 11.6 Å². The first kappa shape index (κ1) is 20.8. The van der Waals surface area contributed by atoms with Gasteiger partial charge in [-0.2, -0.15) is 16.4 Å². The molecule has 0 atom stereocenters. The summed E-state index contributed by atoms with van der Waals surface area (Å²) in [5, 5.41) is 8.53. The highest BCUT2D eigenvalue weighted by molar-refractivity contribution is 7.07. The summed E-state index contributed by atoms with van der Waals surface area (Å²) in [7, 11) is 1.62. The molecule has 0 aliphatic carbocycles. The van der Waals surface area contributed by atoms with Crippen molar-refractivity contribution in [3.05, 3.63) is 79.4 Å². The van der Waals surface area contributed by atoms with Crippen LogP contribution in [0.2, 0.25) is 5.02 Å². The van der Waals surface area contributed by atoms with Gasteiger partial charge in [-0.05, 0) is 53.6 Å². The molecule has 0 spiro atoms. The van der Waals surface area contributed by atoms with Crippen LogP contribution in [-0.2, 0) is 16.1 Å². The van der Waals surface area contributed by atoms with Crippen LogP contribution in [0.5, 0.6) is 0 Å². The average molecular weight is 432 g/mol. The molecule has 0 aliphatic heterocycles. The number of rotatable bonds is 6. The number of carbonyl (C=O) groups is 2. The zero-order valence-electron chi connectivity index (χ0n) is 15.8. The quantitative estimate of drug-likeness (QED) is 0.560. The summed E-state index contributed by atoms with van der Waals surface area (Å²) in [5.74, 6) is -1.33. The minimum absolute atomic E-state index is 0.380. The molecule has 0 saturated heterocycles. The van der Waals surface area contributed by atoms with Crippen molar-refractivity contribution < 1.29 is 14.3 Å². The number of aromatic nitrogens is 2. The number of nitrogens with zero attached hydrogens (tertiary/aromatic N) is 3. The van der Waals surface area contributed by atoms with Gasteiger partial charge >= 0.3 is 5.97 Å². The van der Waals surface area contributed by atoms with Gasteiger partial charge in [0.05, 0.1) is 5.69 Å². The van der Waals surface area contributed by atoms with E-state index in [1.165, 1.54) is 27.0 Å². The molecule has 29 heavy (non-hydrogen) atoms. The van der Waals surface area contributed by atoms with Gasteiger partial charge in [0.15, 0.2) is 6.61 Å². The normalized spacial score (nSPS) is 10.6. The fourth-order valence-corrected chi connectivity index (χ4v) is 3.37. The third kappa shape index (κ3) is 5.10. The maximum atomic E-state index is 12.4. The summed E-state index contributed by atoms with van der Waals surface area (Å²) in [4.78, 5) is 38.2. The van der Waals surface area contributed by atoms with Gasteiger partial charge in [-0.25, -0.2) is 9.48 Å². The Hall–Kier alpha value is -2.97. The van der Waals surface area contributed by atoms with E-state index < -0.39 is 18.0 Å². The fourth-order valence-electron chi connectivity index (χ4n) is 2.58. The van der Waals surface area contributed by atoms with Gasteiger partial charge < -0.3 is 9.64 Å². The van der Waals surface area contributed by atoms with Crippen molar-refractivity contribution in [2.24, 2.45) is 0 Å². The molecule has 0 radical (unpaired) electrons. The van der Waals surface area contributed by atoms with Crippen LogP contribution >= 0.6 is 22.9 Å². The molecule has 3 rings (SSSR count). The molecular formula is C20H18ClN3O4S. The molecule has 3 aromatic rings. The van der Waals surface area contributed by atoms with E-state index in [1.54, 1.807) is 38.2 Å². The Balaban J connectivity index is 1.71. The van der Waals surface area contributed by atoms with Crippen LogP contribution in [-0.4, -0.2) is 40.2 Å². The van der Waals surface area contributed by atoms with E-state index in [0.717, 1.165) is 5.56 Å². The average Bonchev–Trinajstić information content (AvgIpc) is 3.20. The van der Waals surface area contributed by atoms with Crippen LogP contribution in [0.15, 0.2) is 52.0 Å². The first-order valence-corrected chi connectivity index (χ1v) is 9.96. The molecule has 1 amide bonds. The highest BCUT2D eigenvalue weighted by atomic mass is 35.5. The molecule has 0 bridgehead atoms. The van der Waals surface area contributed by atoms with Crippen molar-refractivity contribution in [3.63, 3.8) is 0 Å². The lowest BCUT2D eigenvalue weighted by molar-refractivity contribution is -0.133. The number of benzene rings is 1. The Morgan fingerprint density at radius 1 is 1.24 bits per heavy atom. The summed E-state index contributed by atoms with van der Waals surface area (Å²) in [6, 6.07) is 9.99. The maximum Gasteiger partial charge on any atom is 0.363 e. The number of carbonyl (C=O) groups excluding carboxylic acids is 2. The van der Waals surface area contributed by atoms with E-state index in [9.17, 15) is 14.4 Å². The molecule has 7 nitrogen and oxygen atoms in total. The Bertz CT molecular complexity index is 1080. The molecular weight excluding hydrogens is 414 g/mol. The largest absolute Gasteiger partial charge is 0.451 e. The number of esters is 1. The number of aryl methyl sites for hydroxylation is 1. The molecule has 0 saturated carbocycles. The SMILES string of the molecule is Cc1cc(=O)c(C(=O)OCC(=O)N(C)Cc2ccsc2)nn1-c1ccc(Cl)cc1. The lowest BCUT2D eigenvalue weighted by Crippen LogP contribution is -2.32. The zero-order valence-corrected chi connectivity index (χ0v) is 17.4. The summed E-state index contributed by atoms with van der Waals surface area (Å²) in [6.07, 6.45) is 0. The molecule has 0 unspecified atom stereocenters. The van der Waals surface area contributed by atoms with E-state index >= 15 is 0 Å². The molecule has 2 aromatic heterocycles. The summed E-state index contributed by atoms with van der Waals surface area (Å²) < 4.78 is 6.48. The number of hydrogen-bond acceptors (Lipinski definition) is 6. The van der Waals surface area contributed by atoms with Gasteiger partial charge in [0.25, 0.3) is 5.91 Å². The van der Waals surface area contributed by atoms with Crippen molar-refractivity contribution in [2.75, 3.05) is 13.7 Å². The lowest BCUT2D eigenvalue weighted by atomic mass is 10.3. The van der Waals surface area contributed by atoms with Gasteiger partial charge in [0.2, 0.25) is 11.1 Å². The minimum atomic E-state index is -0.949. The second kappa shape index (κ2) is 9.02. The first-order valence-electron chi connectivity index (χ1n) is 8.64. The Morgan fingerprint density at radius 3 is 2.62 bits per heavy atom. The summed E-state index contributed by atoms with van der Waals surface area (Å²) >= 11 is 7.43. The molecule has 150 valence electrons. The van der Waals surface area contributed by atoms with Gasteiger partial charge in [0.1, 0.15) is 0 Å². The van der Waals surface area contributed by atoms with Crippen molar-refractivity contribution in [1.82, 2.24) is 14.7 Å². The summed E-state index contributed by atoms with van der Waals surface area (Å²) in [6.45, 7) is 1.63. The number of likely N-dealkylation sites (N-methyl/N-ethyl adjacent to an activating group) is 1. The molecule has 2 heterocycles. The lowest BCUT2D eigenvalue weighted by Gasteiger charge is -2.16. The number of hydrogen-bond donors (Lipinski definition) is 0. The number of halogens is 1. The Kier molecular flexibility index (Phi) is 6.46. The molecule has 9 heteroatoms. The van der Waals surface area contributed by atoms with Crippen LogP contribution < -0.4 is 5.43 Å². The van der Waals surface area contributed by atoms with Gasteiger partial charge in [0, 0.05) is 30.4 Å². The van der Waals surface area contributed by atoms with Crippen LogP contribution in [0.25, 0.3) is 5.69 Å². The third-order valence-corrected chi connectivity index (χ3v) is 5.11. The van der Waals surface area contributed by atoms with Crippen molar-refractivity contribution >= 4 is 34.8 Å². The molecule has 0 N–H and O–H groups in total. The second-order valence-electron chi connectivity index (χ2n) is 6.34. The highest BCUT2D eigenvalue weighted by Gasteiger charge is 2.19. The van der Waals surface area contributed by atoms with E-state index in [4.69, 9.17) is 16.3 Å². The second-order valence-corrected chi connectivity index (χ2v) is 7.56. The third-order valence-electron chi connectivity index (χ3n) is 4.12. The number of ether oxygens (including phenoxy) is 1. The van der Waals surface area contributed by atoms with Gasteiger partial charge in [-0.3, -0.25) is 9.59 Å². The predicted octanol–water partition coefficient (Wildman–Crippen LogP) is 3.07. The molecule has 1 aromatic carbocycles. The molecule has 0 aliphatic rings. The van der Waals surface area contributed by atoms with E-state index in [-0.39, 0.29) is 11.6 Å². The predicted molar refractivity (Wildman–Crippen MR) is 111 cm³/mol. The molecule has 0 fully saturated rings. The van der Waals surface area contributed by atoms with Crippen LogP contribution in [0, 0.1) is 6.92 Å². The van der Waals surface area contributed by atoms with Crippen molar-refractivity contribution in [1.29, 1.82) is 0 Å². The smallest absolute Gasteiger partial charge is 0.363 e. The van der Waals surface area contributed by atoms with Crippen LogP contribution in [0.3, 0.4) is 0 Å². The Labute approximate surface area is 176 Å². The zero-order chi connectivity index (χ0) is 21.0. The monoisotopic (exact) mass is 431 g/mol. The van der Waals surface area contributed by atoms with Crippen molar-refractivity contribution in [3.8, 4) is 5.69 Å². The standard InChI is InChI=1S/C20H18ClN3O4S/c1-13-9-17(25)19(22-24(13)16-5-3-15(21)4-6-16)20(27)28-11-18(26)23(2)10-14-7-8-29-12-14/h3-9,12H,10-11H2,1-2H3. The fraction of sp³-hybridized carbons (Fsp3) is 0.200. The van der Waals surface area contributed by atoms with Gasteiger partial charge in [-0.15, -0.1) is 0 Å². The maximum absolute atomic E-state index is 12.4. The van der Waals surface area contributed by atoms with Crippen molar-refractivity contribution in [2.45, 2.75) is 13.5 Å². The first-order chi connectivity index (χ1) is 13.8. The number of amides is 1. The van der Waals surface area contributed by atoms with Crippen LogP contribution in [0.4, 0.5) is 0 Å². The van der Waals surface area contributed by atoms with E-state index in [2.05, 4.69) is 5.10 Å². The number of thiophene rings is 1. The Morgan fingerprint density at radius 2 is 1.97 bits per heavy atom. The topological polar surface area (TPSA) is 81.5 Å². The van der Waals surface area contributed by atoms with Crippen LogP contribution in [0.1, 0.15) is 21.7 Å². The minimum Gasteiger partial charge on any atom is -0.451 e. The summed E-state index contributed by atoms with van der Waals surface area (Å²) in [5.41, 5.74) is 1.20.